The second kappa shape index (κ2) is 6.58. The molecule has 1 rings (SSSR count). The summed E-state index contributed by atoms with van der Waals surface area (Å²) in [6.07, 6.45) is 2.71. The molecule has 0 unspecified atom stereocenters. The number of nitrogens with zero attached hydrogens (tertiary/aromatic N) is 1. The van der Waals surface area contributed by atoms with Crippen LogP contribution in [0.2, 0.25) is 0 Å². The van der Waals surface area contributed by atoms with Crippen LogP contribution in [-0.2, 0) is 0 Å². The van der Waals surface area contributed by atoms with Crippen LogP contribution in [0.25, 0.3) is 0 Å². The minimum Gasteiger partial charge on any atom is -0.315 e. The van der Waals surface area contributed by atoms with E-state index < -0.39 is 0 Å². The predicted octanol–water partition coefficient (Wildman–Crippen LogP) is 1.31. The molecule has 0 aliphatic carbocycles. The first-order chi connectivity index (χ1) is 7.47. The molecule has 1 aliphatic rings. The molecule has 0 atom stereocenters. The van der Waals surface area contributed by atoms with Crippen LogP contribution in [0, 0.1) is 5.92 Å². The molecule has 96 valence electrons. The van der Waals surface area contributed by atoms with Gasteiger partial charge in [-0.1, -0.05) is 0 Å². The lowest BCUT2D eigenvalue weighted by molar-refractivity contribution is 0.216. The van der Waals surface area contributed by atoms with Crippen molar-refractivity contribution in [2.45, 2.75) is 39.2 Å². The molecule has 0 aromatic rings. The first-order valence-corrected chi connectivity index (χ1v) is 6.62. The van der Waals surface area contributed by atoms with Crippen molar-refractivity contribution in [3.63, 3.8) is 0 Å². The Kier molecular flexibility index (Phi) is 5.73. The van der Waals surface area contributed by atoms with Gasteiger partial charge < -0.3 is 15.5 Å². The number of hydrogen-bond acceptors (Lipinski definition) is 3. The van der Waals surface area contributed by atoms with Crippen LogP contribution in [0.3, 0.4) is 0 Å². The predicted molar refractivity (Wildman–Crippen MR) is 70.8 cm³/mol. The third kappa shape index (κ3) is 6.46. The average molecular weight is 227 g/mol. The van der Waals surface area contributed by atoms with Gasteiger partial charge in [-0.25, -0.2) is 0 Å². The first-order valence-electron chi connectivity index (χ1n) is 6.62. The second-order valence-corrected chi connectivity index (χ2v) is 6.13. The Labute approximate surface area is 101 Å². The van der Waals surface area contributed by atoms with Crippen LogP contribution in [-0.4, -0.2) is 50.2 Å². The van der Waals surface area contributed by atoms with E-state index in [1.54, 1.807) is 0 Å². The zero-order valence-electron chi connectivity index (χ0n) is 11.5. The van der Waals surface area contributed by atoms with Gasteiger partial charge in [-0.2, -0.15) is 0 Å². The van der Waals surface area contributed by atoms with E-state index in [0.717, 1.165) is 19.0 Å². The van der Waals surface area contributed by atoms with Crippen LogP contribution in [0.15, 0.2) is 0 Å². The minimum atomic E-state index is 0.245. The topological polar surface area (TPSA) is 27.3 Å². The summed E-state index contributed by atoms with van der Waals surface area (Å²) in [6.45, 7) is 12.5. The summed E-state index contributed by atoms with van der Waals surface area (Å²) in [5, 5.41) is 7.06. The third-order valence-electron chi connectivity index (χ3n) is 3.23. The average Bonchev–Trinajstić information content (AvgIpc) is 2.19. The molecular formula is C13H29N3. The fourth-order valence-corrected chi connectivity index (χ4v) is 2.10. The summed E-state index contributed by atoms with van der Waals surface area (Å²) >= 11 is 0. The Balaban J connectivity index is 1.95. The summed E-state index contributed by atoms with van der Waals surface area (Å²) in [5.41, 5.74) is 0.245. The van der Waals surface area contributed by atoms with Crippen molar-refractivity contribution in [3.05, 3.63) is 0 Å². The molecule has 0 spiro atoms. The summed E-state index contributed by atoms with van der Waals surface area (Å²) < 4.78 is 0. The van der Waals surface area contributed by atoms with Crippen molar-refractivity contribution < 1.29 is 0 Å². The molecule has 0 aromatic carbocycles. The van der Waals surface area contributed by atoms with Crippen molar-refractivity contribution >= 4 is 0 Å². The molecule has 1 saturated heterocycles. The maximum Gasteiger partial charge on any atom is 0.00970 e. The Hall–Kier alpha value is -0.120. The van der Waals surface area contributed by atoms with Crippen molar-refractivity contribution in [1.82, 2.24) is 15.5 Å². The lowest BCUT2D eigenvalue weighted by atomic mass is 9.97. The normalized spacial score (nSPS) is 20.2. The highest BCUT2D eigenvalue weighted by molar-refractivity contribution is 4.73. The molecule has 1 aliphatic heterocycles. The van der Waals surface area contributed by atoms with Gasteiger partial charge in [0.25, 0.3) is 0 Å². The number of hydrogen-bond donors (Lipinski definition) is 2. The summed E-state index contributed by atoms with van der Waals surface area (Å²) in [4.78, 5) is 2.43. The van der Waals surface area contributed by atoms with E-state index in [4.69, 9.17) is 0 Å². The Bertz CT molecular complexity index is 178. The highest BCUT2D eigenvalue weighted by atomic mass is 15.1. The smallest absolute Gasteiger partial charge is 0.00970 e. The van der Waals surface area contributed by atoms with Crippen LogP contribution in [0.1, 0.15) is 33.6 Å². The molecule has 0 amide bonds. The molecule has 1 heterocycles. The van der Waals surface area contributed by atoms with Gasteiger partial charge in [0.2, 0.25) is 0 Å². The van der Waals surface area contributed by atoms with Crippen LogP contribution >= 0.6 is 0 Å². The maximum atomic E-state index is 3.56. The van der Waals surface area contributed by atoms with Gasteiger partial charge in [0.1, 0.15) is 0 Å². The zero-order valence-corrected chi connectivity index (χ0v) is 11.5. The van der Waals surface area contributed by atoms with Crippen molar-refractivity contribution in [3.8, 4) is 0 Å². The van der Waals surface area contributed by atoms with E-state index in [1.807, 2.05) is 0 Å². The molecule has 1 fully saturated rings. The molecule has 3 heteroatoms. The molecule has 0 aromatic heterocycles. The molecule has 0 radical (unpaired) electrons. The number of likely N-dealkylation sites (tertiary alicyclic amines) is 1. The molecule has 2 N–H and O–H groups in total. The van der Waals surface area contributed by atoms with Crippen LogP contribution in [0.4, 0.5) is 0 Å². The molecule has 0 bridgehead atoms. The summed E-state index contributed by atoms with van der Waals surface area (Å²) in [7, 11) is 2.22. The van der Waals surface area contributed by atoms with Gasteiger partial charge in [0, 0.05) is 18.6 Å². The Morgan fingerprint density at radius 3 is 2.31 bits per heavy atom. The quantitative estimate of drug-likeness (QED) is 0.693. The van der Waals surface area contributed by atoms with Crippen molar-refractivity contribution in [2.24, 2.45) is 5.92 Å². The third-order valence-corrected chi connectivity index (χ3v) is 3.23. The van der Waals surface area contributed by atoms with Gasteiger partial charge >= 0.3 is 0 Å². The number of rotatable bonds is 5. The van der Waals surface area contributed by atoms with Crippen LogP contribution < -0.4 is 10.6 Å². The van der Waals surface area contributed by atoms with E-state index >= 15 is 0 Å². The minimum absolute atomic E-state index is 0.245. The molecule has 16 heavy (non-hydrogen) atoms. The molecule has 0 saturated carbocycles. The Morgan fingerprint density at radius 2 is 1.75 bits per heavy atom. The van der Waals surface area contributed by atoms with E-state index in [-0.39, 0.29) is 5.54 Å². The number of nitrogens with one attached hydrogen (secondary N) is 2. The fraction of sp³-hybridized carbons (Fsp3) is 1.00. The number of piperidine rings is 1. The Morgan fingerprint density at radius 1 is 1.12 bits per heavy atom. The lowest BCUT2D eigenvalue weighted by Crippen LogP contribution is -2.41. The largest absolute Gasteiger partial charge is 0.315 e. The standard InChI is InChI=1S/C13H29N3/c1-13(2,3)15-8-7-14-11-12-5-9-16(4)10-6-12/h12,14-15H,5-11H2,1-4H3. The van der Waals surface area contributed by atoms with Crippen molar-refractivity contribution in [2.75, 3.05) is 39.8 Å². The van der Waals surface area contributed by atoms with E-state index in [9.17, 15) is 0 Å². The zero-order chi connectivity index (χ0) is 12.0. The second-order valence-electron chi connectivity index (χ2n) is 6.13. The fourth-order valence-electron chi connectivity index (χ4n) is 2.10. The summed E-state index contributed by atoms with van der Waals surface area (Å²) in [5.74, 6) is 0.894. The summed E-state index contributed by atoms with van der Waals surface area (Å²) in [6, 6.07) is 0. The van der Waals surface area contributed by atoms with Gasteiger partial charge in [-0.3, -0.25) is 0 Å². The van der Waals surface area contributed by atoms with Gasteiger partial charge in [0.05, 0.1) is 0 Å². The highest BCUT2D eigenvalue weighted by Gasteiger charge is 2.15. The monoisotopic (exact) mass is 227 g/mol. The van der Waals surface area contributed by atoms with E-state index in [2.05, 4.69) is 43.4 Å². The first kappa shape index (κ1) is 13.9. The van der Waals surface area contributed by atoms with Gasteiger partial charge in [-0.05, 0) is 66.2 Å². The van der Waals surface area contributed by atoms with Crippen molar-refractivity contribution in [1.29, 1.82) is 0 Å². The molecule has 3 nitrogen and oxygen atoms in total. The SMILES string of the molecule is CN1CCC(CNCCNC(C)(C)C)CC1. The van der Waals surface area contributed by atoms with E-state index in [0.29, 0.717) is 0 Å². The highest BCUT2D eigenvalue weighted by Crippen LogP contribution is 2.14. The van der Waals surface area contributed by atoms with E-state index in [1.165, 1.54) is 32.5 Å². The van der Waals surface area contributed by atoms with Crippen LogP contribution in [0.5, 0.6) is 0 Å². The molecular weight excluding hydrogens is 198 g/mol. The lowest BCUT2D eigenvalue weighted by Gasteiger charge is -2.29. The maximum absolute atomic E-state index is 3.56. The van der Waals surface area contributed by atoms with Gasteiger partial charge in [0.15, 0.2) is 0 Å². The van der Waals surface area contributed by atoms with Gasteiger partial charge in [-0.15, -0.1) is 0 Å².